The van der Waals surface area contributed by atoms with Crippen molar-refractivity contribution >= 4 is 5.91 Å². The van der Waals surface area contributed by atoms with Crippen LogP contribution in [0.4, 0.5) is 0 Å². The molecule has 1 amide bonds. The molecule has 0 spiro atoms. The summed E-state index contributed by atoms with van der Waals surface area (Å²) in [5.41, 5.74) is 0. The fourth-order valence-corrected chi connectivity index (χ4v) is 1.54. The summed E-state index contributed by atoms with van der Waals surface area (Å²) >= 11 is 0. The first-order valence-corrected chi connectivity index (χ1v) is 4.73. The van der Waals surface area contributed by atoms with Crippen LogP contribution in [0.5, 0.6) is 0 Å². The molecule has 0 saturated carbocycles. The van der Waals surface area contributed by atoms with Crippen molar-refractivity contribution in [2.24, 2.45) is 0 Å². The first-order valence-electron chi connectivity index (χ1n) is 4.73. The fraction of sp³-hybridized carbons (Fsp3) is 0.700. The van der Waals surface area contributed by atoms with Gasteiger partial charge in [0.2, 0.25) is 5.91 Å². The molecular formula is C10H17NO. The van der Waals surface area contributed by atoms with E-state index in [0.29, 0.717) is 0 Å². The normalized spacial score (nSPS) is 26.9. The van der Waals surface area contributed by atoms with Gasteiger partial charge in [-0.2, -0.15) is 0 Å². The van der Waals surface area contributed by atoms with E-state index in [4.69, 9.17) is 0 Å². The summed E-state index contributed by atoms with van der Waals surface area (Å²) in [5, 5.41) is 2.92. The Kier molecular flexibility index (Phi) is 3.85. The third kappa shape index (κ3) is 3.56. The minimum atomic E-state index is 0.0743. The Labute approximate surface area is 74.0 Å². The molecule has 2 heteroatoms. The molecule has 0 saturated heterocycles. The van der Waals surface area contributed by atoms with E-state index in [9.17, 15) is 4.79 Å². The van der Waals surface area contributed by atoms with E-state index >= 15 is 0 Å². The largest absolute Gasteiger partial charge is 0.350 e. The second kappa shape index (κ2) is 4.96. The number of hydrogen-bond donors (Lipinski definition) is 1. The number of allylic oxidation sites excluding steroid dienone is 1. The lowest BCUT2D eigenvalue weighted by Gasteiger charge is -2.15. The van der Waals surface area contributed by atoms with Crippen LogP contribution in [0.2, 0.25) is 0 Å². The summed E-state index contributed by atoms with van der Waals surface area (Å²) in [6.45, 7) is 1.58. The summed E-state index contributed by atoms with van der Waals surface area (Å²) in [7, 11) is 0. The van der Waals surface area contributed by atoms with Crippen molar-refractivity contribution in [3.05, 3.63) is 12.2 Å². The Morgan fingerprint density at radius 3 is 3.00 bits per heavy atom. The van der Waals surface area contributed by atoms with Gasteiger partial charge in [0.05, 0.1) is 0 Å². The van der Waals surface area contributed by atoms with E-state index in [0.717, 1.165) is 12.8 Å². The van der Waals surface area contributed by atoms with Crippen LogP contribution in [-0.4, -0.2) is 11.9 Å². The first kappa shape index (κ1) is 9.30. The number of nitrogens with one attached hydrogen (secondary N) is 1. The van der Waals surface area contributed by atoms with Crippen molar-refractivity contribution in [3.8, 4) is 0 Å². The molecular weight excluding hydrogens is 150 g/mol. The maximum atomic E-state index is 10.8. The second-order valence-corrected chi connectivity index (χ2v) is 3.37. The summed E-state index contributed by atoms with van der Waals surface area (Å²) in [6, 6.07) is 0.280. The van der Waals surface area contributed by atoms with Gasteiger partial charge in [0.15, 0.2) is 0 Å². The summed E-state index contributed by atoms with van der Waals surface area (Å²) in [4.78, 5) is 10.8. The molecule has 0 heterocycles. The molecule has 0 fully saturated rings. The third-order valence-corrected chi connectivity index (χ3v) is 2.14. The number of carbonyl (C=O) groups excluding carboxylic acids is 1. The van der Waals surface area contributed by atoms with Crippen molar-refractivity contribution in [2.45, 2.75) is 45.1 Å². The lowest BCUT2D eigenvalue weighted by atomic mass is 10.0. The molecule has 1 unspecified atom stereocenters. The van der Waals surface area contributed by atoms with Gasteiger partial charge in [0, 0.05) is 13.0 Å². The van der Waals surface area contributed by atoms with Gasteiger partial charge >= 0.3 is 0 Å². The Balaban J connectivity index is 2.38. The summed E-state index contributed by atoms with van der Waals surface area (Å²) in [6.07, 6.45) is 10.4. The first-order chi connectivity index (χ1) is 5.79. The van der Waals surface area contributed by atoms with Gasteiger partial charge in [-0.3, -0.25) is 4.79 Å². The van der Waals surface area contributed by atoms with E-state index < -0.39 is 0 Å². The summed E-state index contributed by atoms with van der Waals surface area (Å²) in [5.74, 6) is 0.0743. The zero-order valence-electron chi connectivity index (χ0n) is 7.68. The van der Waals surface area contributed by atoms with Crippen LogP contribution >= 0.6 is 0 Å². The zero-order valence-corrected chi connectivity index (χ0v) is 7.68. The van der Waals surface area contributed by atoms with Gasteiger partial charge in [-0.25, -0.2) is 0 Å². The van der Waals surface area contributed by atoms with Crippen LogP contribution in [0.15, 0.2) is 12.2 Å². The number of amides is 1. The minimum Gasteiger partial charge on any atom is -0.350 e. The number of rotatable bonds is 1. The Hall–Kier alpha value is -0.790. The van der Waals surface area contributed by atoms with Crippen molar-refractivity contribution in [1.82, 2.24) is 5.32 Å². The molecule has 0 aromatic heterocycles. The number of hydrogen-bond acceptors (Lipinski definition) is 1. The standard InChI is InChI=1S/C10H17NO/c1-9(12)11-10-7-5-3-2-4-6-8-10/h5,7,10H,2-4,6,8H2,1H3,(H,11,12)/b7-5+. The Morgan fingerprint density at radius 1 is 1.42 bits per heavy atom. The maximum absolute atomic E-state index is 10.8. The third-order valence-electron chi connectivity index (χ3n) is 2.14. The van der Waals surface area contributed by atoms with E-state index in [1.165, 1.54) is 19.3 Å². The highest BCUT2D eigenvalue weighted by Crippen LogP contribution is 2.11. The van der Waals surface area contributed by atoms with Crippen molar-refractivity contribution in [1.29, 1.82) is 0 Å². The molecule has 12 heavy (non-hydrogen) atoms. The highest BCUT2D eigenvalue weighted by Gasteiger charge is 2.06. The van der Waals surface area contributed by atoms with Crippen LogP contribution < -0.4 is 5.32 Å². The van der Waals surface area contributed by atoms with Gasteiger partial charge in [0.1, 0.15) is 0 Å². The molecule has 68 valence electrons. The van der Waals surface area contributed by atoms with Crippen molar-refractivity contribution < 1.29 is 4.79 Å². The average molecular weight is 167 g/mol. The maximum Gasteiger partial charge on any atom is 0.217 e. The fourth-order valence-electron chi connectivity index (χ4n) is 1.54. The minimum absolute atomic E-state index is 0.0743. The molecule has 0 aromatic carbocycles. The van der Waals surface area contributed by atoms with Crippen LogP contribution in [0.25, 0.3) is 0 Å². The van der Waals surface area contributed by atoms with Crippen LogP contribution in [0, 0.1) is 0 Å². The quantitative estimate of drug-likeness (QED) is 0.595. The SMILES string of the molecule is CC(=O)NC1/C=C/CCCCC1. The highest BCUT2D eigenvalue weighted by molar-refractivity contribution is 5.73. The van der Waals surface area contributed by atoms with Gasteiger partial charge in [-0.05, 0) is 19.3 Å². The molecule has 1 aliphatic carbocycles. The summed E-state index contributed by atoms with van der Waals surface area (Å²) < 4.78 is 0. The molecule has 0 bridgehead atoms. The van der Waals surface area contributed by atoms with E-state index in [1.54, 1.807) is 6.92 Å². The Bertz CT molecular complexity index is 175. The predicted molar refractivity (Wildman–Crippen MR) is 49.8 cm³/mol. The second-order valence-electron chi connectivity index (χ2n) is 3.37. The molecule has 1 rings (SSSR count). The molecule has 0 aromatic rings. The Morgan fingerprint density at radius 2 is 2.25 bits per heavy atom. The lowest BCUT2D eigenvalue weighted by molar-refractivity contribution is -0.119. The molecule has 2 nitrogen and oxygen atoms in total. The van der Waals surface area contributed by atoms with Crippen molar-refractivity contribution in [3.63, 3.8) is 0 Å². The van der Waals surface area contributed by atoms with E-state index in [-0.39, 0.29) is 11.9 Å². The lowest BCUT2D eigenvalue weighted by Crippen LogP contribution is -2.31. The topological polar surface area (TPSA) is 29.1 Å². The molecule has 0 radical (unpaired) electrons. The number of carbonyl (C=O) groups is 1. The van der Waals surface area contributed by atoms with Gasteiger partial charge in [-0.15, -0.1) is 0 Å². The van der Waals surface area contributed by atoms with E-state index in [1.807, 2.05) is 0 Å². The monoisotopic (exact) mass is 167 g/mol. The molecule has 1 N–H and O–H groups in total. The van der Waals surface area contributed by atoms with Crippen LogP contribution in [0.3, 0.4) is 0 Å². The average Bonchev–Trinajstić information content (AvgIpc) is 1.93. The molecule has 1 aliphatic rings. The highest BCUT2D eigenvalue weighted by atomic mass is 16.1. The van der Waals surface area contributed by atoms with Crippen LogP contribution in [0.1, 0.15) is 39.0 Å². The van der Waals surface area contributed by atoms with Gasteiger partial charge < -0.3 is 5.32 Å². The molecule has 0 aliphatic heterocycles. The smallest absolute Gasteiger partial charge is 0.217 e. The van der Waals surface area contributed by atoms with E-state index in [2.05, 4.69) is 17.5 Å². The predicted octanol–water partition coefficient (Wildman–Crippen LogP) is 2.01. The van der Waals surface area contributed by atoms with Crippen LogP contribution in [-0.2, 0) is 4.79 Å². The van der Waals surface area contributed by atoms with Gasteiger partial charge in [-0.1, -0.05) is 25.0 Å². The van der Waals surface area contributed by atoms with Gasteiger partial charge in [0.25, 0.3) is 0 Å². The van der Waals surface area contributed by atoms with Crippen molar-refractivity contribution in [2.75, 3.05) is 0 Å². The zero-order chi connectivity index (χ0) is 8.81. The molecule has 1 atom stereocenters.